The molecule has 0 aliphatic carbocycles. The van der Waals surface area contributed by atoms with Gasteiger partial charge in [0.1, 0.15) is 0 Å². The van der Waals surface area contributed by atoms with Crippen LogP contribution in [0.2, 0.25) is 0 Å². The van der Waals surface area contributed by atoms with Gasteiger partial charge in [-0.2, -0.15) is 18.3 Å². The van der Waals surface area contributed by atoms with Crippen LogP contribution in [-0.4, -0.2) is 88.9 Å². The summed E-state index contributed by atoms with van der Waals surface area (Å²) in [5.41, 5.74) is 0.244. The monoisotopic (exact) mass is 616 g/mol. The van der Waals surface area contributed by atoms with Gasteiger partial charge in [0.2, 0.25) is 0 Å². The number of pyridine rings is 1. The number of aliphatic hydroxyl groups excluding tert-OH is 1. The normalized spacial score (nSPS) is 15.8. The highest BCUT2D eigenvalue weighted by Gasteiger charge is 2.35. The van der Waals surface area contributed by atoms with Gasteiger partial charge in [-0.05, 0) is 58.6 Å². The third kappa shape index (κ3) is 8.58. The number of hydrogen-bond acceptors (Lipinski definition) is 7. The first kappa shape index (κ1) is 33.4. The zero-order valence-electron chi connectivity index (χ0n) is 25.9. The van der Waals surface area contributed by atoms with Gasteiger partial charge in [0.15, 0.2) is 0 Å². The molecule has 1 saturated heterocycles. The lowest BCUT2D eigenvalue weighted by Gasteiger charge is -2.34. The SMILES string of the molecule is C=C(c1nc(CCCNC(=O)c2cnn(C(C)(C)C)c2)cc2c(NC3CCN(CC(O)COC)CC3)cccc12)C(F)(F)F. The van der Waals surface area contributed by atoms with Crippen molar-refractivity contribution in [3.8, 4) is 0 Å². The molecule has 1 aromatic carbocycles. The van der Waals surface area contributed by atoms with Crippen molar-refractivity contribution >= 4 is 27.9 Å². The van der Waals surface area contributed by atoms with Gasteiger partial charge in [0.25, 0.3) is 5.91 Å². The summed E-state index contributed by atoms with van der Waals surface area (Å²) in [6, 6.07) is 7.20. The number of amides is 1. The highest BCUT2D eigenvalue weighted by Crippen LogP contribution is 2.37. The van der Waals surface area contributed by atoms with E-state index in [1.807, 2.05) is 32.9 Å². The van der Waals surface area contributed by atoms with Crippen LogP contribution in [0.25, 0.3) is 16.3 Å². The minimum Gasteiger partial charge on any atom is -0.389 e. The Hall–Kier alpha value is -3.48. The number of ether oxygens (including phenoxy) is 1. The van der Waals surface area contributed by atoms with Crippen LogP contribution in [0.5, 0.6) is 0 Å². The van der Waals surface area contributed by atoms with Crippen molar-refractivity contribution < 1.29 is 27.8 Å². The third-order valence-corrected chi connectivity index (χ3v) is 7.76. The quantitative estimate of drug-likeness (QED) is 0.246. The number of piperidine rings is 1. The minimum absolute atomic E-state index is 0.125. The molecule has 0 saturated carbocycles. The molecule has 3 heterocycles. The van der Waals surface area contributed by atoms with E-state index < -0.39 is 17.9 Å². The van der Waals surface area contributed by atoms with E-state index >= 15 is 0 Å². The summed E-state index contributed by atoms with van der Waals surface area (Å²) >= 11 is 0. The first-order valence-corrected chi connectivity index (χ1v) is 14.9. The first-order chi connectivity index (χ1) is 20.8. The van der Waals surface area contributed by atoms with Crippen molar-refractivity contribution in [3.05, 3.63) is 60.2 Å². The van der Waals surface area contributed by atoms with E-state index in [1.165, 1.54) is 6.20 Å². The molecule has 1 aliphatic rings. The average Bonchev–Trinajstić information content (AvgIpc) is 3.47. The molecule has 3 N–H and O–H groups in total. The number of β-amino-alcohol motifs (C(OH)–C–C–N with tert-alkyl or cyclic N) is 1. The molecule has 1 aliphatic heterocycles. The van der Waals surface area contributed by atoms with Gasteiger partial charge in [-0.25, -0.2) is 0 Å². The van der Waals surface area contributed by atoms with Gasteiger partial charge in [-0.1, -0.05) is 18.7 Å². The Morgan fingerprint density at radius 2 is 1.93 bits per heavy atom. The number of allylic oxidation sites excluding steroid dienone is 1. The molecule has 1 fully saturated rings. The summed E-state index contributed by atoms with van der Waals surface area (Å²) in [7, 11) is 1.56. The number of methoxy groups -OCH3 is 1. The molecule has 4 rings (SSSR count). The number of halogens is 3. The van der Waals surface area contributed by atoms with Crippen LogP contribution in [0.3, 0.4) is 0 Å². The number of nitrogens with one attached hydrogen (secondary N) is 2. The van der Waals surface area contributed by atoms with Crippen molar-refractivity contribution in [2.45, 2.75) is 70.3 Å². The smallest absolute Gasteiger partial charge is 0.389 e. The molecular formula is C32H43F3N6O3. The highest BCUT2D eigenvalue weighted by molar-refractivity contribution is 6.00. The number of carbonyl (C=O) groups is 1. The minimum atomic E-state index is -4.63. The van der Waals surface area contributed by atoms with Crippen LogP contribution in [-0.2, 0) is 16.7 Å². The number of rotatable bonds is 12. The Morgan fingerprint density at radius 1 is 1.20 bits per heavy atom. The van der Waals surface area contributed by atoms with E-state index in [9.17, 15) is 23.1 Å². The highest BCUT2D eigenvalue weighted by atomic mass is 19.4. The van der Waals surface area contributed by atoms with Gasteiger partial charge in [-0.3, -0.25) is 14.5 Å². The van der Waals surface area contributed by atoms with Crippen molar-refractivity contribution in [3.63, 3.8) is 0 Å². The molecule has 1 atom stereocenters. The fourth-order valence-electron chi connectivity index (χ4n) is 5.35. The Labute approximate surface area is 256 Å². The summed E-state index contributed by atoms with van der Waals surface area (Å²) in [6.45, 7) is 12.0. The van der Waals surface area contributed by atoms with E-state index in [-0.39, 0.29) is 29.8 Å². The molecule has 12 heteroatoms. The second-order valence-electron chi connectivity index (χ2n) is 12.4. The van der Waals surface area contributed by atoms with Crippen molar-refractivity contribution in [1.82, 2.24) is 25.0 Å². The standard InChI is InChI=1S/C32H43F3N6O3/c1-21(32(33,34)35)29-26-9-6-10-28(38-23-11-14-40(15-12-23)19-25(42)20-44-5)27(26)16-24(39-29)8-7-13-36-30(43)22-17-37-41(18-22)31(2,3)4/h6,9-10,16-18,23,25,38,42H,1,7-8,11-15,19-20H2,2-5H3,(H,36,43). The maximum atomic E-state index is 13.8. The lowest BCUT2D eigenvalue weighted by Crippen LogP contribution is -2.43. The second-order valence-corrected chi connectivity index (χ2v) is 12.4. The average molecular weight is 617 g/mol. The number of aryl methyl sites for hydroxylation is 1. The first-order valence-electron chi connectivity index (χ1n) is 14.9. The van der Waals surface area contributed by atoms with Crippen LogP contribution in [0.4, 0.5) is 18.9 Å². The van der Waals surface area contributed by atoms with E-state index in [0.29, 0.717) is 48.0 Å². The van der Waals surface area contributed by atoms with E-state index in [4.69, 9.17) is 4.74 Å². The Bertz CT molecular complexity index is 1440. The molecular weight excluding hydrogens is 573 g/mol. The summed E-state index contributed by atoms with van der Waals surface area (Å²) in [5, 5.41) is 21.8. The maximum Gasteiger partial charge on any atom is 0.417 e. The molecule has 1 unspecified atom stereocenters. The number of aliphatic hydroxyl groups is 1. The summed E-state index contributed by atoms with van der Waals surface area (Å²) < 4.78 is 48.2. The van der Waals surface area contributed by atoms with Gasteiger partial charge in [-0.15, -0.1) is 0 Å². The summed E-state index contributed by atoms with van der Waals surface area (Å²) in [6.07, 6.45) is 0.532. The Kier molecular flexibility index (Phi) is 10.7. The summed E-state index contributed by atoms with van der Waals surface area (Å²) in [5.74, 6) is -0.260. The molecule has 3 aromatic rings. The van der Waals surface area contributed by atoms with Crippen LogP contribution in [0, 0.1) is 0 Å². The maximum absolute atomic E-state index is 13.8. The number of fused-ring (bicyclic) bond motifs is 1. The molecule has 1 amide bonds. The number of aromatic nitrogens is 3. The largest absolute Gasteiger partial charge is 0.417 e. The predicted octanol–water partition coefficient (Wildman–Crippen LogP) is 5.01. The Morgan fingerprint density at radius 3 is 2.57 bits per heavy atom. The molecule has 0 radical (unpaired) electrons. The summed E-state index contributed by atoms with van der Waals surface area (Å²) in [4.78, 5) is 19.2. The lowest BCUT2D eigenvalue weighted by molar-refractivity contribution is -0.0688. The number of benzene rings is 1. The molecule has 240 valence electrons. The topological polar surface area (TPSA) is 105 Å². The second kappa shape index (κ2) is 14.1. The molecule has 0 spiro atoms. The Balaban J connectivity index is 1.47. The number of alkyl halides is 3. The lowest BCUT2D eigenvalue weighted by atomic mass is 9.99. The number of anilines is 1. The third-order valence-electron chi connectivity index (χ3n) is 7.76. The van der Waals surface area contributed by atoms with Crippen LogP contribution >= 0.6 is 0 Å². The van der Waals surface area contributed by atoms with E-state index in [2.05, 4.69) is 32.2 Å². The van der Waals surface area contributed by atoms with Crippen LogP contribution < -0.4 is 10.6 Å². The van der Waals surface area contributed by atoms with Gasteiger partial charge < -0.3 is 25.4 Å². The van der Waals surface area contributed by atoms with E-state index in [1.54, 1.807) is 30.1 Å². The van der Waals surface area contributed by atoms with Crippen molar-refractivity contribution in [2.75, 3.05) is 45.2 Å². The van der Waals surface area contributed by atoms with Gasteiger partial charge >= 0.3 is 6.18 Å². The molecule has 9 nitrogen and oxygen atoms in total. The van der Waals surface area contributed by atoms with Crippen LogP contribution in [0.15, 0.2) is 43.2 Å². The number of hydrogen-bond donors (Lipinski definition) is 3. The molecule has 2 aromatic heterocycles. The number of nitrogens with zero attached hydrogens (tertiary/aromatic N) is 4. The van der Waals surface area contributed by atoms with Crippen LogP contribution in [0.1, 0.15) is 61.8 Å². The number of carbonyl (C=O) groups excluding carboxylic acids is 1. The van der Waals surface area contributed by atoms with Gasteiger partial charge in [0, 0.05) is 67.7 Å². The van der Waals surface area contributed by atoms with Gasteiger partial charge in [0.05, 0.1) is 41.3 Å². The molecule has 44 heavy (non-hydrogen) atoms. The fourth-order valence-corrected chi connectivity index (χ4v) is 5.35. The zero-order valence-corrected chi connectivity index (χ0v) is 25.9. The zero-order chi connectivity index (χ0) is 32.1. The van der Waals surface area contributed by atoms with Crippen molar-refractivity contribution in [1.29, 1.82) is 0 Å². The molecule has 0 bridgehead atoms. The fraction of sp³-hybridized carbons (Fsp3) is 0.531. The van der Waals surface area contributed by atoms with E-state index in [0.717, 1.165) is 31.6 Å². The number of likely N-dealkylation sites (tertiary alicyclic amines) is 1. The van der Waals surface area contributed by atoms with Crippen molar-refractivity contribution in [2.24, 2.45) is 0 Å². The predicted molar refractivity (Wildman–Crippen MR) is 166 cm³/mol.